The van der Waals surface area contributed by atoms with Crippen molar-refractivity contribution in [3.63, 3.8) is 0 Å². The molecule has 2 nitrogen and oxygen atoms in total. The first-order valence-electron chi connectivity index (χ1n) is 3.64. The zero-order chi connectivity index (χ0) is 7.68. The van der Waals surface area contributed by atoms with Crippen molar-refractivity contribution >= 4 is 12.4 Å². The number of carbonyl (C=O) groups is 1. The van der Waals surface area contributed by atoms with Gasteiger partial charge in [-0.2, -0.15) is 0 Å². The van der Waals surface area contributed by atoms with E-state index in [0.717, 1.165) is 30.5 Å². The molecule has 0 spiro atoms. The van der Waals surface area contributed by atoms with Crippen molar-refractivity contribution in [1.29, 1.82) is 0 Å². The largest absolute Gasteiger partial charge is 0.454 e. The van der Waals surface area contributed by atoms with Gasteiger partial charge in [0.15, 0.2) is 12.0 Å². The molecule has 0 saturated heterocycles. The van der Waals surface area contributed by atoms with Gasteiger partial charge in [0.2, 0.25) is 0 Å². The fourth-order valence-electron chi connectivity index (χ4n) is 1.29. The molecule has 0 bridgehead atoms. The van der Waals surface area contributed by atoms with Crippen LogP contribution in [0.5, 0.6) is 0 Å². The van der Waals surface area contributed by atoms with E-state index in [0.29, 0.717) is 5.76 Å². The van der Waals surface area contributed by atoms with Gasteiger partial charge in [0.25, 0.3) is 0 Å². The maximum Gasteiger partial charge on any atom is 0.185 e. The first-order valence-corrected chi connectivity index (χ1v) is 3.64. The third-order valence-electron chi connectivity index (χ3n) is 1.83. The molecule has 0 unspecified atom stereocenters. The quantitative estimate of drug-likeness (QED) is 0.570. The number of hydrogen-bond donors (Lipinski definition) is 0. The number of furan rings is 1. The number of hydrogen-bond acceptors (Lipinski definition) is 2. The van der Waals surface area contributed by atoms with Gasteiger partial charge >= 0.3 is 0 Å². The molecule has 0 N–H and O–H groups in total. The monoisotopic (exact) mass is 148 g/mol. The number of aryl methyl sites for hydroxylation is 1. The first-order chi connectivity index (χ1) is 5.40. The minimum absolute atomic E-state index is 0.432. The molecule has 2 heteroatoms. The molecular formula is C9H8O2. The number of rotatable bonds is 1. The number of carbonyl (C=O) groups excluding carboxylic acids is 1. The van der Waals surface area contributed by atoms with Crippen LogP contribution in [0.4, 0.5) is 0 Å². The van der Waals surface area contributed by atoms with Crippen LogP contribution >= 0.6 is 0 Å². The number of allylic oxidation sites excluding steroid dienone is 1. The van der Waals surface area contributed by atoms with E-state index < -0.39 is 0 Å². The molecule has 11 heavy (non-hydrogen) atoms. The van der Waals surface area contributed by atoms with Crippen molar-refractivity contribution in [2.24, 2.45) is 0 Å². The number of aldehydes is 1. The van der Waals surface area contributed by atoms with Crippen LogP contribution < -0.4 is 0 Å². The van der Waals surface area contributed by atoms with Crippen molar-refractivity contribution in [1.82, 2.24) is 0 Å². The lowest BCUT2D eigenvalue weighted by atomic mass is 10.1. The van der Waals surface area contributed by atoms with Crippen molar-refractivity contribution in [3.05, 3.63) is 29.2 Å². The van der Waals surface area contributed by atoms with Gasteiger partial charge < -0.3 is 4.42 Å². The smallest absolute Gasteiger partial charge is 0.185 e. The van der Waals surface area contributed by atoms with Crippen LogP contribution in [-0.2, 0) is 6.42 Å². The van der Waals surface area contributed by atoms with Crippen molar-refractivity contribution in [2.75, 3.05) is 0 Å². The Labute approximate surface area is 64.5 Å². The van der Waals surface area contributed by atoms with Crippen molar-refractivity contribution in [2.45, 2.75) is 12.8 Å². The highest BCUT2D eigenvalue weighted by atomic mass is 16.3. The molecule has 0 saturated carbocycles. The molecule has 1 aromatic heterocycles. The summed E-state index contributed by atoms with van der Waals surface area (Å²) in [6.45, 7) is 0. The van der Waals surface area contributed by atoms with Gasteiger partial charge in [-0.15, -0.1) is 0 Å². The third kappa shape index (κ3) is 1.00. The van der Waals surface area contributed by atoms with E-state index in [1.165, 1.54) is 0 Å². The highest BCUT2D eigenvalue weighted by Gasteiger charge is 2.09. The maximum atomic E-state index is 10.3. The number of fused-ring (bicyclic) bond motifs is 1. The van der Waals surface area contributed by atoms with E-state index in [2.05, 4.69) is 6.08 Å². The fraction of sp³-hybridized carbons (Fsp3) is 0.222. The first kappa shape index (κ1) is 6.40. The van der Waals surface area contributed by atoms with Crippen LogP contribution in [0.3, 0.4) is 0 Å². The van der Waals surface area contributed by atoms with Gasteiger partial charge in [-0.25, -0.2) is 0 Å². The molecule has 1 aromatic rings. The fourth-order valence-corrected chi connectivity index (χ4v) is 1.29. The molecule has 56 valence electrons. The van der Waals surface area contributed by atoms with Gasteiger partial charge in [0.05, 0.1) is 0 Å². The predicted molar refractivity (Wildman–Crippen MR) is 41.5 cm³/mol. The summed E-state index contributed by atoms with van der Waals surface area (Å²) in [5, 5.41) is 0. The predicted octanol–water partition coefficient (Wildman–Crippen LogP) is 2.05. The summed E-state index contributed by atoms with van der Waals surface area (Å²) in [4.78, 5) is 10.3. The molecular weight excluding hydrogens is 140 g/mol. The molecule has 0 aromatic carbocycles. The Morgan fingerprint density at radius 3 is 3.18 bits per heavy atom. The lowest BCUT2D eigenvalue weighted by Gasteiger charge is -1.99. The Bertz CT molecular complexity index is 307. The Morgan fingerprint density at radius 2 is 2.45 bits per heavy atom. The van der Waals surface area contributed by atoms with E-state index in [9.17, 15) is 4.79 Å². The average molecular weight is 148 g/mol. The summed E-state index contributed by atoms with van der Waals surface area (Å²) >= 11 is 0. The molecule has 0 radical (unpaired) electrons. The summed E-state index contributed by atoms with van der Waals surface area (Å²) in [6, 6.07) is 1.81. The van der Waals surface area contributed by atoms with Crippen LogP contribution in [0.1, 0.15) is 28.3 Å². The Kier molecular flexibility index (Phi) is 1.39. The van der Waals surface area contributed by atoms with E-state index in [1.807, 2.05) is 12.1 Å². The zero-order valence-corrected chi connectivity index (χ0v) is 6.04. The highest BCUT2D eigenvalue weighted by Crippen LogP contribution is 2.21. The Hall–Kier alpha value is -1.31. The second-order valence-electron chi connectivity index (χ2n) is 2.60. The van der Waals surface area contributed by atoms with Crippen LogP contribution in [-0.4, -0.2) is 6.29 Å². The van der Waals surface area contributed by atoms with Crippen molar-refractivity contribution < 1.29 is 9.21 Å². The van der Waals surface area contributed by atoms with Crippen LogP contribution in [0.15, 0.2) is 16.6 Å². The molecule has 0 amide bonds. The summed E-state index contributed by atoms with van der Waals surface area (Å²) in [6.07, 6.45) is 6.76. The van der Waals surface area contributed by atoms with Gasteiger partial charge in [0, 0.05) is 0 Å². The topological polar surface area (TPSA) is 30.2 Å². The molecule has 1 aliphatic rings. The normalized spacial score (nSPS) is 14.5. The van der Waals surface area contributed by atoms with E-state index in [1.54, 1.807) is 0 Å². The summed E-state index contributed by atoms with van der Waals surface area (Å²) in [5.74, 6) is 1.28. The van der Waals surface area contributed by atoms with Crippen LogP contribution in [0.2, 0.25) is 0 Å². The van der Waals surface area contributed by atoms with Crippen molar-refractivity contribution in [3.8, 4) is 0 Å². The second-order valence-corrected chi connectivity index (χ2v) is 2.60. The molecule has 0 aliphatic heterocycles. The Balaban J connectivity index is 2.49. The summed E-state index contributed by atoms with van der Waals surface area (Å²) < 4.78 is 5.20. The summed E-state index contributed by atoms with van der Waals surface area (Å²) in [7, 11) is 0. The average Bonchev–Trinajstić information content (AvgIpc) is 2.46. The minimum atomic E-state index is 0.432. The highest BCUT2D eigenvalue weighted by molar-refractivity contribution is 5.72. The van der Waals surface area contributed by atoms with E-state index >= 15 is 0 Å². The van der Waals surface area contributed by atoms with Crippen LogP contribution in [0, 0.1) is 0 Å². The molecule has 0 atom stereocenters. The standard InChI is InChI=1S/C9H8O2/c10-6-8-5-7-3-1-2-4-9(7)11-8/h2,4-6H,1,3H2. The SMILES string of the molecule is O=Cc1cc2c(o1)C=CCC2. The minimum Gasteiger partial charge on any atom is -0.454 e. The molecule has 0 fully saturated rings. The lowest BCUT2D eigenvalue weighted by Crippen LogP contribution is -1.87. The van der Waals surface area contributed by atoms with E-state index in [4.69, 9.17) is 4.42 Å². The second kappa shape index (κ2) is 2.38. The zero-order valence-electron chi connectivity index (χ0n) is 6.04. The van der Waals surface area contributed by atoms with E-state index in [-0.39, 0.29) is 0 Å². The molecule has 1 heterocycles. The van der Waals surface area contributed by atoms with Gasteiger partial charge in [-0.1, -0.05) is 6.08 Å². The molecule has 1 aliphatic carbocycles. The van der Waals surface area contributed by atoms with Gasteiger partial charge in [-0.05, 0) is 30.5 Å². The Morgan fingerprint density at radius 1 is 1.55 bits per heavy atom. The van der Waals surface area contributed by atoms with Crippen LogP contribution in [0.25, 0.3) is 6.08 Å². The maximum absolute atomic E-state index is 10.3. The molecule has 2 rings (SSSR count). The summed E-state index contributed by atoms with van der Waals surface area (Å²) in [5.41, 5.74) is 1.15. The lowest BCUT2D eigenvalue weighted by molar-refractivity contribution is 0.110. The van der Waals surface area contributed by atoms with Gasteiger partial charge in [0.1, 0.15) is 5.76 Å². The van der Waals surface area contributed by atoms with Gasteiger partial charge in [-0.3, -0.25) is 4.79 Å². The third-order valence-corrected chi connectivity index (χ3v) is 1.83.